The number of carbonyl (C=O) groups is 1. The van der Waals surface area contributed by atoms with Crippen LogP contribution in [0.25, 0.3) is 0 Å². The van der Waals surface area contributed by atoms with E-state index in [1.165, 1.54) is 6.92 Å². The predicted molar refractivity (Wildman–Crippen MR) is 78.8 cm³/mol. The molecule has 0 aromatic heterocycles. The molecule has 0 spiro atoms. The van der Waals surface area contributed by atoms with E-state index in [2.05, 4.69) is 4.74 Å². The van der Waals surface area contributed by atoms with E-state index in [4.69, 9.17) is 5.73 Å². The molecule has 23 heavy (non-hydrogen) atoms. The van der Waals surface area contributed by atoms with Gasteiger partial charge in [-0.15, -0.1) is 12.4 Å². The summed E-state index contributed by atoms with van der Waals surface area (Å²) < 4.78 is 69.4. The Morgan fingerprint density at radius 3 is 2.48 bits per heavy atom. The van der Waals surface area contributed by atoms with Crippen LogP contribution in [0.1, 0.15) is 17.3 Å². The summed E-state index contributed by atoms with van der Waals surface area (Å²) in [6.45, 7) is -0.756. The summed E-state index contributed by atoms with van der Waals surface area (Å²) in [4.78, 5) is 10.8. The fraction of sp³-hybridized carbons (Fsp3) is 0.417. The predicted octanol–water partition coefficient (Wildman–Crippen LogP) is 1.30. The second kappa shape index (κ2) is 8.48. The molecule has 0 heterocycles. The highest BCUT2D eigenvalue weighted by molar-refractivity contribution is 7.89. The second-order valence-electron chi connectivity index (χ2n) is 4.28. The zero-order chi connectivity index (χ0) is 17.0. The van der Waals surface area contributed by atoms with E-state index in [0.717, 1.165) is 12.1 Å². The first kappa shape index (κ1) is 21.6. The molecule has 0 aliphatic heterocycles. The van der Waals surface area contributed by atoms with E-state index in [-0.39, 0.29) is 24.6 Å². The monoisotopic (exact) mass is 376 g/mol. The van der Waals surface area contributed by atoms with Crippen molar-refractivity contribution in [3.05, 3.63) is 29.6 Å². The highest BCUT2D eigenvalue weighted by Crippen LogP contribution is 2.17. The SMILES string of the molecule is CCOC(=O)c1cc(F)cc(S(=O)(=O)NCC(F)(F)CN)c1.Cl. The lowest BCUT2D eigenvalue weighted by Gasteiger charge is -2.15. The summed E-state index contributed by atoms with van der Waals surface area (Å²) in [5, 5.41) is 0. The van der Waals surface area contributed by atoms with Crippen molar-refractivity contribution in [2.75, 3.05) is 19.7 Å². The zero-order valence-corrected chi connectivity index (χ0v) is 13.6. The van der Waals surface area contributed by atoms with Gasteiger partial charge in [0.05, 0.1) is 30.2 Å². The van der Waals surface area contributed by atoms with Crippen LogP contribution in [0.2, 0.25) is 0 Å². The zero-order valence-electron chi connectivity index (χ0n) is 12.0. The van der Waals surface area contributed by atoms with Crippen LogP contribution in [0.4, 0.5) is 13.2 Å². The summed E-state index contributed by atoms with van der Waals surface area (Å²) in [5.74, 6) is -5.38. The molecule has 0 saturated carbocycles. The van der Waals surface area contributed by atoms with E-state index in [9.17, 15) is 26.4 Å². The van der Waals surface area contributed by atoms with Gasteiger partial charge >= 0.3 is 5.97 Å². The molecule has 0 aliphatic rings. The van der Waals surface area contributed by atoms with Gasteiger partial charge in [-0.1, -0.05) is 0 Å². The van der Waals surface area contributed by atoms with Gasteiger partial charge in [0.25, 0.3) is 5.92 Å². The van der Waals surface area contributed by atoms with Gasteiger partial charge < -0.3 is 10.5 Å². The van der Waals surface area contributed by atoms with Gasteiger partial charge in [0.2, 0.25) is 10.0 Å². The maximum atomic E-state index is 13.4. The summed E-state index contributed by atoms with van der Waals surface area (Å²) >= 11 is 0. The lowest BCUT2D eigenvalue weighted by atomic mass is 10.2. The van der Waals surface area contributed by atoms with Crippen molar-refractivity contribution in [1.82, 2.24) is 4.72 Å². The topological polar surface area (TPSA) is 98.5 Å². The van der Waals surface area contributed by atoms with Crippen LogP contribution in [0.3, 0.4) is 0 Å². The van der Waals surface area contributed by atoms with Crippen molar-refractivity contribution in [3.63, 3.8) is 0 Å². The van der Waals surface area contributed by atoms with Crippen molar-refractivity contribution in [3.8, 4) is 0 Å². The standard InChI is InChI=1S/C12H15F3N2O4S.ClH/c1-2-21-11(18)8-3-9(13)5-10(4-8)22(19,20)17-7-12(14,15)6-16;/h3-5,17H,2,6-7,16H2,1H3;1H. The number of sulfonamides is 1. The summed E-state index contributed by atoms with van der Waals surface area (Å²) in [5.41, 5.74) is 4.45. The number of benzene rings is 1. The second-order valence-corrected chi connectivity index (χ2v) is 6.05. The van der Waals surface area contributed by atoms with Gasteiger partial charge in [-0.05, 0) is 25.1 Å². The quantitative estimate of drug-likeness (QED) is 0.699. The first-order chi connectivity index (χ1) is 10.1. The Morgan fingerprint density at radius 2 is 1.96 bits per heavy atom. The van der Waals surface area contributed by atoms with Gasteiger partial charge in [0, 0.05) is 0 Å². The highest BCUT2D eigenvalue weighted by atomic mass is 35.5. The first-order valence-electron chi connectivity index (χ1n) is 6.16. The smallest absolute Gasteiger partial charge is 0.338 e. The molecule has 0 unspecified atom stereocenters. The lowest BCUT2D eigenvalue weighted by Crippen LogP contribution is -2.41. The van der Waals surface area contributed by atoms with E-state index in [1.807, 2.05) is 0 Å². The van der Waals surface area contributed by atoms with E-state index in [1.54, 1.807) is 4.72 Å². The number of ether oxygens (including phenoxy) is 1. The number of carbonyl (C=O) groups excluding carboxylic acids is 1. The van der Waals surface area contributed by atoms with E-state index < -0.39 is 45.7 Å². The van der Waals surface area contributed by atoms with Crippen molar-refractivity contribution in [1.29, 1.82) is 0 Å². The third-order valence-corrected chi connectivity index (χ3v) is 3.89. The van der Waals surface area contributed by atoms with Crippen LogP contribution in [-0.2, 0) is 14.8 Å². The van der Waals surface area contributed by atoms with Gasteiger partial charge in [-0.3, -0.25) is 0 Å². The Labute approximate surface area is 137 Å². The number of hydrogen-bond donors (Lipinski definition) is 2. The van der Waals surface area contributed by atoms with Crippen molar-refractivity contribution in [2.45, 2.75) is 17.7 Å². The molecule has 6 nitrogen and oxygen atoms in total. The number of nitrogens with two attached hydrogens (primary N) is 1. The van der Waals surface area contributed by atoms with Crippen molar-refractivity contribution >= 4 is 28.4 Å². The molecule has 11 heteroatoms. The molecule has 0 radical (unpaired) electrons. The average Bonchev–Trinajstić information content (AvgIpc) is 2.45. The largest absolute Gasteiger partial charge is 0.462 e. The third-order valence-electron chi connectivity index (χ3n) is 2.51. The Balaban J connectivity index is 0.00000484. The highest BCUT2D eigenvalue weighted by Gasteiger charge is 2.29. The molecule has 0 bridgehead atoms. The Hall–Kier alpha value is -1.36. The summed E-state index contributed by atoms with van der Waals surface area (Å²) in [6.07, 6.45) is 0. The van der Waals surface area contributed by atoms with Crippen LogP contribution in [0.5, 0.6) is 0 Å². The molecule has 1 aromatic carbocycles. The fourth-order valence-electron chi connectivity index (χ4n) is 1.41. The number of alkyl halides is 2. The minimum atomic E-state index is -4.43. The van der Waals surface area contributed by atoms with Gasteiger partial charge in [0.1, 0.15) is 5.82 Å². The van der Waals surface area contributed by atoms with Gasteiger partial charge in [0.15, 0.2) is 0 Å². The Morgan fingerprint density at radius 1 is 1.35 bits per heavy atom. The molecule has 132 valence electrons. The lowest BCUT2D eigenvalue weighted by molar-refractivity contribution is 0.0170. The number of nitrogens with one attached hydrogen (secondary N) is 1. The maximum absolute atomic E-state index is 13.4. The maximum Gasteiger partial charge on any atom is 0.338 e. The first-order valence-corrected chi connectivity index (χ1v) is 7.65. The minimum Gasteiger partial charge on any atom is -0.462 e. The van der Waals surface area contributed by atoms with Crippen molar-refractivity contribution < 1.29 is 31.1 Å². The molecular weight excluding hydrogens is 361 g/mol. The van der Waals surface area contributed by atoms with E-state index in [0.29, 0.717) is 6.07 Å². The van der Waals surface area contributed by atoms with Gasteiger partial charge in [-0.2, -0.15) is 0 Å². The molecule has 1 rings (SSSR count). The third kappa shape index (κ3) is 6.34. The number of hydrogen-bond acceptors (Lipinski definition) is 5. The van der Waals surface area contributed by atoms with Crippen LogP contribution in [0, 0.1) is 5.82 Å². The molecule has 0 atom stereocenters. The number of esters is 1. The van der Waals surface area contributed by atoms with Crippen LogP contribution in [-0.4, -0.2) is 40.0 Å². The molecule has 0 saturated heterocycles. The molecule has 3 N–H and O–H groups in total. The van der Waals surface area contributed by atoms with Crippen molar-refractivity contribution in [2.24, 2.45) is 5.73 Å². The molecular formula is C12H16ClF3N2O4S. The summed E-state index contributed by atoms with van der Waals surface area (Å²) in [7, 11) is -4.43. The molecule has 0 aliphatic carbocycles. The Kier molecular flexibility index (Phi) is 7.98. The molecule has 1 aromatic rings. The fourth-order valence-corrected chi connectivity index (χ4v) is 2.52. The molecule has 0 fully saturated rings. The average molecular weight is 377 g/mol. The normalized spacial score (nSPS) is 11.7. The van der Waals surface area contributed by atoms with Crippen LogP contribution < -0.4 is 10.5 Å². The van der Waals surface area contributed by atoms with Crippen LogP contribution >= 0.6 is 12.4 Å². The Bertz CT molecular complexity index is 656. The minimum absolute atomic E-state index is 0. The number of rotatable bonds is 7. The van der Waals surface area contributed by atoms with Gasteiger partial charge in [-0.25, -0.2) is 31.1 Å². The molecule has 0 amide bonds. The number of halogens is 4. The van der Waals surface area contributed by atoms with Crippen LogP contribution in [0.15, 0.2) is 23.1 Å². The summed E-state index contributed by atoms with van der Waals surface area (Å²) in [6, 6.07) is 2.22. The van der Waals surface area contributed by atoms with E-state index >= 15 is 0 Å².